The van der Waals surface area contributed by atoms with Crippen LogP contribution in [0.3, 0.4) is 0 Å². The van der Waals surface area contributed by atoms with Crippen molar-refractivity contribution in [1.82, 2.24) is 0 Å². The minimum absolute atomic E-state index is 0. The zero-order chi connectivity index (χ0) is 6.57. The number of hydrogen-bond acceptors (Lipinski definition) is 3. The van der Waals surface area contributed by atoms with E-state index in [1.807, 2.05) is 0 Å². The SMILES string of the molecule is CCC(=O)OS(=O)O.[CaH2].[NaH]. The van der Waals surface area contributed by atoms with Gasteiger partial charge in [-0.1, -0.05) is 6.92 Å². The molecular weight excluding hydrogens is 195 g/mol. The van der Waals surface area contributed by atoms with E-state index in [1.54, 1.807) is 0 Å². The Morgan fingerprint density at radius 3 is 2.20 bits per heavy atom. The average Bonchev–Trinajstić information content (AvgIpc) is 1.65. The molecule has 7 heteroatoms. The Kier molecular flexibility index (Phi) is 19.3. The van der Waals surface area contributed by atoms with E-state index in [-0.39, 0.29) is 73.7 Å². The van der Waals surface area contributed by atoms with Crippen LogP contribution in [0, 0.1) is 0 Å². The molecule has 0 spiro atoms. The van der Waals surface area contributed by atoms with Crippen LogP contribution in [0.15, 0.2) is 0 Å². The zero-order valence-electron chi connectivity index (χ0n) is 4.29. The van der Waals surface area contributed by atoms with Crippen molar-refractivity contribution in [3.8, 4) is 0 Å². The molecule has 54 valence electrons. The van der Waals surface area contributed by atoms with Crippen molar-refractivity contribution in [3.63, 3.8) is 0 Å². The molecule has 10 heavy (non-hydrogen) atoms. The molecule has 0 aliphatic rings. The number of carbonyl (C=O) groups is 1. The van der Waals surface area contributed by atoms with Gasteiger partial charge in [-0.25, -0.2) is 0 Å². The van der Waals surface area contributed by atoms with Crippen molar-refractivity contribution in [2.75, 3.05) is 0 Å². The molecule has 0 amide bonds. The van der Waals surface area contributed by atoms with Crippen LogP contribution in [-0.4, -0.2) is 82.0 Å². The molecule has 0 bridgehead atoms. The molecule has 4 nitrogen and oxygen atoms in total. The summed E-state index contributed by atoms with van der Waals surface area (Å²) in [6, 6.07) is 0. The fraction of sp³-hybridized carbons (Fsp3) is 0.667. The third-order valence-electron chi connectivity index (χ3n) is 0.453. The van der Waals surface area contributed by atoms with Gasteiger partial charge in [-0.3, -0.25) is 9.35 Å². The van der Waals surface area contributed by atoms with Gasteiger partial charge in [0.2, 0.25) is 0 Å². The van der Waals surface area contributed by atoms with Gasteiger partial charge in [0.25, 0.3) is 0 Å². The van der Waals surface area contributed by atoms with Gasteiger partial charge in [-0.05, 0) is 0 Å². The average molecular weight is 204 g/mol. The molecule has 0 aliphatic carbocycles. The van der Waals surface area contributed by atoms with Crippen LogP contribution in [0.4, 0.5) is 0 Å². The summed E-state index contributed by atoms with van der Waals surface area (Å²) in [7, 11) is 0. The van der Waals surface area contributed by atoms with Crippen molar-refractivity contribution in [2.24, 2.45) is 0 Å². The molecule has 0 saturated heterocycles. The van der Waals surface area contributed by atoms with Crippen LogP contribution in [0.5, 0.6) is 0 Å². The Bertz CT molecular complexity index is 119. The Hall–Kier alpha value is 1.84. The van der Waals surface area contributed by atoms with Crippen molar-refractivity contribution in [1.29, 1.82) is 0 Å². The molecule has 0 radical (unpaired) electrons. The fourth-order valence-electron chi connectivity index (χ4n) is 0.138. The third-order valence-corrected chi connectivity index (χ3v) is 0.781. The standard InChI is InChI=1S/C3H6O4S.Ca.Na.3H/c1-2-3(4)7-8(5)6;;;;;/h2H2,1H3,(H,5,6);;;;;. The van der Waals surface area contributed by atoms with Gasteiger partial charge in [0.05, 0.1) is 0 Å². The zero-order valence-corrected chi connectivity index (χ0v) is 5.10. The van der Waals surface area contributed by atoms with Crippen molar-refractivity contribution in [2.45, 2.75) is 13.3 Å². The first-order valence-electron chi connectivity index (χ1n) is 1.98. The molecule has 1 atom stereocenters. The molecule has 0 fully saturated rings. The number of hydrogen-bond donors (Lipinski definition) is 1. The molecule has 0 aliphatic heterocycles. The summed E-state index contributed by atoms with van der Waals surface area (Å²) in [6.07, 6.45) is 0.117. The van der Waals surface area contributed by atoms with E-state index in [9.17, 15) is 9.00 Å². The summed E-state index contributed by atoms with van der Waals surface area (Å²) in [4.78, 5) is 10.0. The second-order valence-corrected chi connectivity index (χ2v) is 1.63. The van der Waals surface area contributed by atoms with Crippen LogP contribution in [-0.2, 0) is 20.3 Å². The number of carbonyl (C=O) groups excluding carboxylic acids is 1. The second-order valence-electron chi connectivity index (χ2n) is 1.03. The van der Waals surface area contributed by atoms with Gasteiger partial charge in [0.1, 0.15) is 0 Å². The third kappa shape index (κ3) is 12.5. The molecule has 0 rings (SSSR count). The summed E-state index contributed by atoms with van der Waals surface area (Å²) in [5.74, 6) is -0.675. The van der Waals surface area contributed by atoms with E-state index in [1.165, 1.54) is 6.92 Å². The summed E-state index contributed by atoms with van der Waals surface area (Å²) >= 11 is -2.45. The van der Waals surface area contributed by atoms with Gasteiger partial charge in [0, 0.05) is 6.42 Å². The summed E-state index contributed by atoms with van der Waals surface area (Å²) in [6.45, 7) is 1.54. The quantitative estimate of drug-likeness (QED) is 0.440. The summed E-state index contributed by atoms with van der Waals surface area (Å²) in [5.41, 5.74) is 0. The van der Waals surface area contributed by atoms with Crippen LogP contribution in [0.2, 0.25) is 0 Å². The fourth-order valence-corrected chi connectivity index (χ4v) is 0.415. The summed E-state index contributed by atoms with van der Waals surface area (Å²) < 4.78 is 21.3. The van der Waals surface area contributed by atoms with Crippen LogP contribution in [0.25, 0.3) is 0 Å². The second kappa shape index (κ2) is 10.8. The summed E-state index contributed by atoms with van der Waals surface area (Å²) in [5, 5.41) is 0. The first kappa shape index (κ1) is 17.8. The Morgan fingerprint density at radius 2 is 2.10 bits per heavy atom. The predicted molar refractivity (Wildman–Crippen MR) is 42.8 cm³/mol. The molecule has 0 aromatic carbocycles. The first-order valence-corrected chi connectivity index (χ1v) is 3.02. The topological polar surface area (TPSA) is 63.6 Å². The van der Waals surface area contributed by atoms with Crippen LogP contribution in [0.1, 0.15) is 13.3 Å². The first-order chi connectivity index (χ1) is 3.66. The van der Waals surface area contributed by atoms with Gasteiger partial charge in [0.15, 0.2) is 0 Å². The van der Waals surface area contributed by atoms with E-state index in [0.29, 0.717) is 0 Å². The minimum atomic E-state index is -2.45. The molecule has 1 unspecified atom stereocenters. The Morgan fingerprint density at radius 1 is 1.70 bits per heavy atom. The van der Waals surface area contributed by atoms with Crippen LogP contribution < -0.4 is 0 Å². The van der Waals surface area contributed by atoms with Gasteiger partial charge >= 0.3 is 84.6 Å². The van der Waals surface area contributed by atoms with Crippen molar-refractivity contribution < 1.29 is 17.7 Å². The molecular formula is C3H9CaNaO4S. The monoisotopic (exact) mass is 204 g/mol. The van der Waals surface area contributed by atoms with E-state index >= 15 is 0 Å². The number of rotatable bonds is 2. The molecule has 0 aromatic heterocycles. The predicted octanol–water partition coefficient (Wildman–Crippen LogP) is -1.49. The van der Waals surface area contributed by atoms with Gasteiger partial charge in [-0.2, -0.15) is 4.21 Å². The van der Waals surface area contributed by atoms with Gasteiger partial charge < -0.3 is 4.18 Å². The van der Waals surface area contributed by atoms with E-state index in [0.717, 1.165) is 0 Å². The Labute approximate surface area is 114 Å². The van der Waals surface area contributed by atoms with Crippen molar-refractivity contribution >= 4 is 84.6 Å². The normalized spacial score (nSPS) is 10.2. The molecule has 0 heterocycles. The van der Waals surface area contributed by atoms with E-state index < -0.39 is 17.3 Å². The van der Waals surface area contributed by atoms with Gasteiger partial charge in [-0.15, -0.1) is 0 Å². The maximum atomic E-state index is 10.0. The molecule has 1 N–H and O–H groups in total. The Balaban J connectivity index is -0.000000245. The van der Waals surface area contributed by atoms with Crippen molar-refractivity contribution in [3.05, 3.63) is 0 Å². The van der Waals surface area contributed by atoms with Crippen LogP contribution >= 0.6 is 0 Å². The maximum absolute atomic E-state index is 10.0. The van der Waals surface area contributed by atoms with E-state index in [2.05, 4.69) is 4.18 Å². The van der Waals surface area contributed by atoms with E-state index in [4.69, 9.17) is 4.55 Å². The molecule has 0 aromatic rings. The molecule has 0 saturated carbocycles.